The van der Waals surface area contributed by atoms with E-state index in [2.05, 4.69) is 20.4 Å². The van der Waals surface area contributed by atoms with Crippen molar-refractivity contribution in [2.75, 3.05) is 25.4 Å². The van der Waals surface area contributed by atoms with Gasteiger partial charge < -0.3 is 9.84 Å². The summed E-state index contributed by atoms with van der Waals surface area (Å²) in [5.41, 5.74) is 2.07. The Morgan fingerprint density at radius 2 is 1.91 bits per heavy atom. The molecule has 1 fully saturated rings. The molecule has 0 atom stereocenters. The fourth-order valence-electron chi connectivity index (χ4n) is 3.77. The third kappa shape index (κ3) is 7.21. The van der Waals surface area contributed by atoms with Gasteiger partial charge in [0.2, 0.25) is 17.6 Å². The molecule has 3 aromatic rings. The lowest BCUT2D eigenvalue weighted by atomic mass is 9.96. The van der Waals surface area contributed by atoms with Gasteiger partial charge in [-0.1, -0.05) is 52.6 Å². The zero-order valence-corrected chi connectivity index (χ0v) is 20.5. The van der Waals surface area contributed by atoms with Gasteiger partial charge in [-0.3, -0.25) is 9.69 Å². The highest BCUT2D eigenvalue weighted by molar-refractivity contribution is 7.98. The minimum absolute atomic E-state index is 0.0622. The average molecular weight is 505 g/mol. The van der Waals surface area contributed by atoms with Crippen molar-refractivity contribution in [2.24, 2.45) is 5.92 Å². The first-order valence-corrected chi connectivity index (χ1v) is 12.9. The highest BCUT2D eigenvalue weighted by atomic mass is 35.5. The smallest absolute Gasteiger partial charge is 0.241 e. The van der Waals surface area contributed by atoms with Crippen molar-refractivity contribution >= 4 is 40.9 Å². The van der Waals surface area contributed by atoms with Crippen LogP contribution in [0.2, 0.25) is 10.0 Å². The highest BCUT2D eigenvalue weighted by Crippen LogP contribution is 2.22. The minimum atomic E-state index is 0.0622. The molecule has 2 heterocycles. The first-order valence-electron chi connectivity index (χ1n) is 11.0. The summed E-state index contributed by atoms with van der Waals surface area (Å²) in [6.45, 7) is 2.94. The van der Waals surface area contributed by atoms with Crippen LogP contribution in [0.3, 0.4) is 0 Å². The lowest BCUT2D eigenvalue weighted by molar-refractivity contribution is -0.126. The first kappa shape index (κ1) is 24.1. The van der Waals surface area contributed by atoms with Crippen LogP contribution in [0, 0.1) is 5.92 Å². The second-order valence-electron chi connectivity index (χ2n) is 8.04. The van der Waals surface area contributed by atoms with E-state index < -0.39 is 0 Å². The van der Waals surface area contributed by atoms with Crippen molar-refractivity contribution in [3.63, 3.8) is 0 Å². The Bertz CT molecular complexity index is 1050. The number of benzene rings is 2. The molecule has 1 aliphatic heterocycles. The predicted octanol–water partition coefficient (Wildman–Crippen LogP) is 5.31. The molecule has 0 saturated carbocycles. The molecular formula is C24H26Cl2N4O2S. The first-order chi connectivity index (χ1) is 16.1. The Balaban J connectivity index is 1.14. The number of carbonyl (C=O) groups is 1. The standard InChI is InChI=1S/C24H26Cl2N4O2S/c25-20-6-4-17(5-7-20)16-33-13-10-27-24(31)18-8-11-30(12-9-18)15-22-28-23(29-32-22)19-2-1-3-21(26)14-19/h1-7,14,18H,8-13,15-16H2,(H,27,31). The lowest BCUT2D eigenvalue weighted by Gasteiger charge is -2.30. The molecule has 0 bridgehead atoms. The van der Waals surface area contributed by atoms with Crippen LogP contribution in [0.5, 0.6) is 0 Å². The van der Waals surface area contributed by atoms with Crippen molar-refractivity contribution in [3.05, 3.63) is 70.0 Å². The second kappa shape index (κ2) is 11.9. The van der Waals surface area contributed by atoms with E-state index in [0.29, 0.717) is 29.8 Å². The molecule has 1 saturated heterocycles. The Labute approximate surface area is 208 Å². The van der Waals surface area contributed by atoms with E-state index >= 15 is 0 Å². The van der Waals surface area contributed by atoms with E-state index in [1.807, 2.05) is 48.5 Å². The van der Waals surface area contributed by atoms with Gasteiger partial charge in [-0.15, -0.1) is 0 Å². The number of amides is 1. The number of halogens is 2. The molecule has 1 aliphatic rings. The van der Waals surface area contributed by atoms with Crippen LogP contribution in [0.25, 0.3) is 11.4 Å². The summed E-state index contributed by atoms with van der Waals surface area (Å²) in [6.07, 6.45) is 1.66. The number of piperidine rings is 1. The monoisotopic (exact) mass is 504 g/mol. The second-order valence-corrected chi connectivity index (χ2v) is 10.0. The van der Waals surface area contributed by atoms with Crippen LogP contribution < -0.4 is 5.32 Å². The van der Waals surface area contributed by atoms with Crippen molar-refractivity contribution in [2.45, 2.75) is 25.1 Å². The summed E-state index contributed by atoms with van der Waals surface area (Å²) in [7, 11) is 0. The Hall–Kier alpha value is -2.06. The molecule has 0 unspecified atom stereocenters. The number of hydrogen-bond acceptors (Lipinski definition) is 6. The Morgan fingerprint density at radius 3 is 2.67 bits per heavy atom. The molecule has 1 amide bonds. The maximum Gasteiger partial charge on any atom is 0.241 e. The molecule has 1 N–H and O–H groups in total. The quantitative estimate of drug-likeness (QED) is 0.398. The fraction of sp³-hybridized carbons (Fsp3) is 0.375. The number of nitrogens with zero attached hydrogens (tertiary/aromatic N) is 3. The zero-order chi connectivity index (χ0) is 23.0. The molecule has 9 heteroatoms. The molecule has 0 radical (unpaired) electrons. The summed E-state index contributed by atoms with van der Waals surface area (Å²) in [5, 5.41) is 8.54. The fourth-order valence-corrected chi connectivity index (χ4v) is 4.91. The molecule has 33 heavy (non-hydrogen) atoms. The van der Waals surface area contributed by atoms with Crippen molar-refractivity contribution < 1.29 is 9.32 Å². The minimum Gasteiger partial charge on any atom is -0.355 e. The Morgan fingerprint density at radius 1 is 1.12 bits per heavy atom. The zero-order valence-electron chi connectivity index (χ0n) is 18.2. The largest absolute Gasteiger partial charge is 0.355 e. The van der Waals surface area contributed by atoms with Crippen LogP contribution in [0.15, 0.2) is 53.1 Å². The van der Waals surface area contributed by atoms with Crippen LogP contribution in [0.1, 0.15) is 24.3 Å². The van der Waals surface area contributed by atoms with Crippen LogP contribution >= 0.6 is 35.0 Å². The third-order valence-electron chi connectivity index (χ3n) is 5.60. The number of rotatable bonds is 9. The van der Waals surface area contributed by atoms with Gasteiger partial charge in [-0.2, -0.15) is 16.7 Å². The highest BCUT2D eigenvalue weighted by Gasteiger charge is 2.25. The normalized spacial score (nSPS) is 15.0. The van der Waals surface area contributed by atoms with Gasteiger partial charge >= 0.3 is 0 Å². The van der Waals surface area contributed by atoms with Crippen molar-refractivity contribution in [1.82, 2.24) is 20.4 Å². The maximum absolute atomic E-state index is 12.5. The molecule has 0 aliphatic carbocycles. The lowest BCUT2D eigenvalue weighted by Crippen LogP contribution is -2.40. The number of hydrogen-bond donors (Lipinski definition) is 1. The van der Waals surface area contributed by atoms with Crippen LogP contribution in [0.4, 0.5) is 0 Å². The van der Waals surface area contributed by atoms with Gasteiger partial charge in [0.15, 0.2) is 0 Å². The van der Waals surface area contributed by atoms with Crippen molar-refractivity contribution in [3.8, 4) is 11.4 Å². The summed E-state index contributed by atoms with van der Waals surface area (Å²) < 4.78 is 5.42. The van der Waals surface area contributed by atoms with Crippen LogP contribution in [-0.2, 0) is 17.1 Å². The molecule has 174 valence electrons. The number of nitrogens with one attached hydrogen (secondary N) is 1. The summed E-state index contributed by atoms with van der Waals surface area (Å²) in [4.78, 5) is 19.3. The maximum atomic E-state index is 12.5. The molecule has 0 spiro atoms. The van der Waals surface area contributed by atoms with Gasteiger partial charge in [0, 0.05) is 39.6 Å². The molecular weight excluding hydrogens is 479 g/mol. The number of likely N-dealkylation sites (tertiary alicyclic amines) is 1. The number of carbonyl (C=O) groups excluding carboxylic acids is 1. The van der Waals surface area contributed by atoms with E-state index in [9.17, 15) is 4.79 Å². The Kier molecular flexibility index (Phi) is 8.67. The topological polar surface area (TPSA) is 71.3 Å². The van der Waals surface area contributed by atoms with Crippen molar-refractivity contribution in [1.29, 1.82) is 0 Å². The average Bonchev–Trinajstić information content (AvgIpc) is 3.29. The van der Waals surface area contributed by atoms with E-state index in [0.717, 1.165) is 48.0 Å². The van der Waals surface area contributed by atoms with Gasteiger partial charge in [0.05, 0.1) is 6.54 Å². The van der Waals surface area contributed by atoms with E-state index in [-0.39, 0.29) is 11.8 Å². The van der Waals surface area contributed by atoms with Gasteiger partial charge in [0.25, 0.3) is 0 Å². The number of aromatic nitrogens is 2. The molecule has 2 aromatic carbocycles. The number of thioether (sulfide) groups is 1. The predicted molar refractivity (Wildman–Crippen MR) is 133 cm³/mol. The summed E-state index contributed by atoms with van der Waals surface area (Å²) in [5.74, 6) is 3.13. The van der Waals surface area contributed by atoms with E-state index in [4.69, 9.17) is 27.7 Å². The van der Waals surface area contributed by atoms with Gasteiger partial charge in [-0.25, -0.2) is 0 Å². The molecule has 4 rings (SSSR count). The van der Waals surface area contributed by atoms with E-state index in [1.165, 1.54) is 5.56 Å². The van der Waals surface area contributed by atoms with Gasteiger partial charge in [-0.05, 0) is 55.8 Å². The summed E-state index contributed by atoms with van der Waals surface area (Å²) in [6, 6.07) is 15.3. The molecule has 6 nitrogen and oxygen atoms in total. The van der Waals surface area contributed by atoms with Crippen LogP contribution in [-0.4, -0.2) is 46.3 Å². The summed E-state index contributed by atoms with van der Waals surface area (Å²) >= 11 is 13.8. The molecule has 1 aromatic heterocycles. The SMILES string of the molecule is O=C(NCCSCc1ccc(Cl)cc1)C1CCN(Cc2nc(-c3cccc(Cl)c3)no2)CC1. The van der Waals surface area contributed by atoms with E-state index in [1.54, 1.807) is 11.8 Å². The third-order valence-corrected chi connectivity index (χ3v) is 7.11. The van der Waals surface area contributed by atoms with Gasteiger partial charge in [0.1, 0.15) is 0 Å².